The predicted octanol–water partition coefficient (Wildman–Crippen LogP) is 2.75. The van der Waals surface area contributed by atoms with Gasteiger partial charge in [-0.1, -0.05) is 12.2 Å². The molecule has 0 aliphatic heterocycles. The monoisotopic (exact) mass is 826 g/mol. The zero-order valence-corrected chi connectivity index (χ0v) is 35.0. The number of aromatic nitrogens is 6. The first kappa shape index (κ1) is 45.8. The molecule has 0 fully saturated rings. The van der Waals surface area contributed by atoms with Gasteiger partial charge in [-0.2, -0.15) is 5.10 Å². The summed E-state index contributed by atoms with van der Waals surface area (Å²) < 4.78 is 16.9. The van der Waals surface area contributed by atoms with Gasteiger partial charge >= 0.3 is 0 Å². The number of fused-ring (bicyclic) bond motifs is 2. The maximum absolute atomic E-state index is 13.6. The number of benzene rings is 2. The average molecular weight is 827 g/mol. The van der Waals surface area contributed by atoms with Crippen molar-refractivity contribution in [3.8, 4) is 11.5 Å². The lowest BCUT2D eigenvalue weighted by Crippen LogP contribution is -2.27. The van der Waals surface area contributed by atoms with Crippen LogP contribution < -0.4 is 43.2 Å². The smallest absolute Gasteiger partial charge is 0.276 e. The van der Waals surface area contributed by atoms with E-state index >= 15 is 0 Å². The molecule has 3 amide bonds. The van der Waals surface area contributed by atoms with Crippen molar-refractivity contribution >= 4 is 63.7 Å². The van der Waals surface area contributed by atoms with Gasteiger partial charge in [0, 0.05) is 56.6 Å². The Balaban J connectivity index is 0.00000391. The summed E-state index contributed by atoms with van der Waals surface area (Å²) in [7, 11) is 4.72. The second-order valence-electron chi connectivity index (χ2n) is 13.3. The number of rotatable bonds is 19. The Bertz CT molecular complexity index is 2440. The van der Waals surface area contributed by atoms with Crippen LogP contribution in [0.1, 0.15) is 64.1 Å². The number of primary amides is 1. The lowest BCUT2D eigenvalue weighted by Gasteiger charge is -2.14. The summed E-state index contributed by atoms with van der Waals surface area (Å²) in [4.78, 5) is 65.0. The lowest BCUT2D eigenvalue weighted by atomic mass is 10.1. The number of nitrogens with one attached hydrogen (secondary N) is 2. The van der Waals surface area contributed by atoms with Crippen LogP contribution >= 0.6 is 0 Å². The van der Waals surface area contributed by atoms with Crippen molar-refractivity contribution in [2.75, 3.05) is 51.5 Å². The molecular formula is C40H54N14O6. The van der Waals surface area contributed by atoms with Gasteiger partial charge in [-0.3, -0.25) is 50.3 Å². The van der Waals surface area contributed by atoms with Gasteiger partial charge in [-0.05, 0) is 77.6 Å². The van der Waals surface area contributed by atoms with E-state index in [1.165, 1.54) is 37.4 Å². The number of aryl methyl sites for hydroxylation is 2. The Morgan fingerprint density at radius 3 is 2.13 bits per heavy atom. The van der Waals surface area contributed by atoms with E-state index in [2.05, 4.69) is 31.4 Å². The molecule has 10 N–H and O–H groups in total. The lowest BCUT2D eigenvalue weighted by molar-refractivity contribution is -0.110. The number of ether oxygens (including phenoxy) is 2. The average Bonchev–Trinajstić information content (AvgIpc) is 3.89. The molecule has 0 unspecified atom stereocenters. The highest BCUT2D eigenvalue weighted by molar-refractivity contribution is 6.47. The highest BCUT2D eigenvalue weighted by atomic mass is 16.5. The zero-order valence-electron chi connectivity index (χ0n) is 35.0. The van der Waals surface area contributed by atoms with Crippen LogP contribution in [0.25, 0.3) is 22.1 Å². The van der Waals surface area contributed by atoms with Crippen molar-refractivity contribution in [1.82, 2.24) is 33.9 Å². The number of methoxy groups -OCH3 is 1. The molecule has 5 aromatic rings. The van der Waals surface area contributed by atoms with Crippen molar-refractivity contribution in [3.63, 3.8) is 0 Å². The van der Waals surface area contributed by atoms with Crippen LogP contribution in [0.15, 0.2) is 59.2 Å². The highest BCUT2D eigenvalue weighted by Crippen LogP contribution is 2.33. The van der Waals surface area contributed by atoms with E-state index < -0.39 is 17.7 Å². The van der Waals surface area contributed by atoms with E-state index in [0.717, 1.165) is 0 Å². The molecule has 0 bridgehead atoms. The van der Waals surface area contributed by atoms with E-state index in [0.29, 0.717) is 88.6 Å². The SMILES string of the molecule is CCN=C(/C=C(/C)N)C(=O)Nc1nc2cc(C(N)=O)cc(OCCCN(C)N)c2n1C/C=C/Cn1c(NC(=O)c2cc(C)nn2CC)nc2cc(C=O)cc(OC)c21.CN. The summed E-state index contributed by atoms with van der Waals surface area (Å²) in [5.41, 5.74) is 19.9. The van der Waals surface area contributed by atoms with Crippen molar-refractivity contribution in [2.24, 2.45) is 28.0 Å². The zero-order chi connectivity index (χ0) is 44.1. The number of anilines is 2. The summed E-state index contributed by atoms with van der Waals surface area (Å²) in [6.45, 7) is 9.07. The minimum Gasteiger partial charge on any atom is -0.494 e. The number of hydrogen-bond donors (Lipinski definition) is 6. The predicted molar refractivity (Wildman–Crippen MR) is 231 cm³/mol. The summed E-state index contributed by atoms with van der Waals surface area (Å²) in [6, 6.07) is 7.95. The normalized spacial score (nSPS) is 11.9. The van der Waals surface area contributed by atoms with Crippen LogP contribution in [-0.4, -0.2) is 105 Å². The Morgan fingerprint density at radius 2 is 1.57 bits per heavy atom. The molecule has 0 spiro atoms. The largest absolute Gasteiger partial charge is 0.494 e. The maximum Gasteiger partial charge on any atom is 0.276 e. The minimum atomic E-state index is -0.685. The van der Waals surface area contributed by atoms with Gasteiger partial charge < -0.3 is 35.8 Å². The third-order valence-corrected chi connectivity index (χ3v) is 8.74. The number of carbonyl (C=O) groups is 4. The first-order chi connectivity index (χ1) is 28.8. The van der Waals surface area contributed by atoms with E-state index in [4.69, 9.17) is 31.8 Å². The van der Waals surface area contributed by atoms with Crippen LogP contribution in [0.3, 0.4) is 0 Å². The van der Waals surface area contributed by atoms with E-state index in [1.54, 1.807) is 59.8 Å². The number of amides is 3. The fraction of sp³-hybridized carbons (Fsp3) is 0.350. The maximum atomic E-state index is 13.6. The van der Waals surface area contributed by atoms with Gasteiger partial charge in [0.1, 0.15) is 40.2 Å². The molecule has 0 saturated carbocycles. The number of nitrogens with two attached hydrogens (primary N) is 4. The van der Waals surface area contributed by atoms with Crippen LogP contribution in [0.2, 0.25) is 0 Å². The number of hydrazine groups is 1. The first-order valence-corrected chi connectivity index (χ1v) is 19.1. The van der Waals surface area contributed by atoms with E-state index in [1.807, 2.05) is 19.1 Å². The van der Waals surface area contributed by atoms with Crippen molar-refractivity contribution in [1.29, 1.82) is 0 Å². The van der Waals surface area contributed by atoms with Gasteiger partial charge in [0.25, 0.3) is 11.8 Å². The Kier molecular flexibility index (Phi) is 16.2. The topological polar surface area (TPSA) is 284 Å². The number of hydrogen-bond acceptors (Lipinski definition) is 14. The molecule has 0 aliphatic rings. The molecule has 20 nitrogen and oxygen atoms in total. The Hall–Kier alpha value is -6.90. The van der Waals surface area contributed by atoms with E-state index in [9.17, 15) is 19.2 Å². The number of carbonyl (C=O) groups excluding carboxylic acids is 4. The molecule has 3 aromatic heterocycles. The molecule has 5 rings (SSSR count). The van der Waals surface area contributed by atoms with Crippen molar-refractivity contribution < 1.29 is 28.7 Å². The Morgan fingerprint density at radius 1 is 0.933 bits per heavy atom. The molecule has 60 heavy (non-hydrogen) atoms. The number of allylic oxidation sites excluding steroid dienone is 3. The fourth-order valence-corrected chi connectivity index (χ4v) is 6.23. The van der Waals surface area contributed by atoms with Gasteiger partial charge in [0.15, 0.2) is 0 Å². The molecule has 3 heterocycles. The van der Waals surface area contributed by atoms with Crippen LogP contribution in [0.5, 0.6) is 11.5 Å². The molecule has 0 atom stereocenters. The van der Waals surface area contributed by atoms with E-state index in [-0.39, 0.29) is 42.9 Å². The molecule has 0 aliphatic carbocycles. The highest BCUT2D eigenvalue weighted by Gasteiger charge is 2.23. The number of imidazole rings is 2. The fourth-order valence-electron chi connectivity index (χ4n) is 6.23. The van der Waals surface area contributed by atoms with Gasteiger partial charge in [-0.25, -0.2) is 9.97 Å². The van der Waals surface area contributed by atoms with Crippen LogP contribution in [0, 0.1) is 6.92 Å². The second-order valence-corrected chi connectivity index (χ2v) is 13.3. The molecule has 320 valence electrons. The van der Waals surface area contributed by atoms with Crippen molar-refractivity contribution in [3.05, 3.63) is 76.8 Å². The van der Waals surface area contributed by atoms with Gasteiger partial charge in [-0.15, -0.1) is 0 Å². The third-order valence-electron chi connectivity index (χ3n) is 8.74. The van der Waals surface area contributed by atoms with Gasteiger partial charge in [0.2, 0.25) is 17.8 Å². The summed E-state index contributed by atoms with van der Waals surface area (Å²) in [5, 5.41) is 11.7. The first-order valence-electron chi connectivity index (χ1n) is 19.1. The third kappa shape index (κ3) is 11.0. The second kappa shape index (κ2) is 21.2. The van der Waals surface area contributed by atoms with Crippen LogP contribution in [0.4, 0.5) is 11.9 Å². The molecule has 20 heteroatoms. The number of aliphatic imine (C=N–C) groups is 1. The quantitative estimate of drug-likeness (QED) is 0.0175. The summed E-state index contributed by atoms with van der Waals surface area (Å²) >= 11 is 0. The van der Waals surface area contributed by atoms with Crippen LogP contribution in [-0.2, 0) is 24.4 Å². The standard InChI is InChI=1S/C39H49N13O6.CH5N/c1-7-43-29(16-23(3)40)36(55)46-38-45-28-20-26(35(41)54)21-32(58-15-11-12-49(5)42)34(28)51(38)14-10-9-13-50-33-27(18-25(22-53)19-31(33)57-6)44-39(50)47-37(56)30-17-24(4)48-52(30)8-2;1-2/h9-10,16-22H,7-8,11-15,40,42H2,1-6H3,(H2,41,54)(H,44,47,56)(H,45,46,55);2H2,1H3/b10-9+,23-16-,43-29?;. The van der Waals surface area contributed by atoms with Crippen molar-refractivity contribution in [2.45, 2.75) is 53.8 Å². The summed E-state index contributed by atoms with van der Waals surface area (Å²) in [5.74, 6) is 5.17. The molecule has 2 aromatic carbocycles. The molecule has 0 radical (unpaired) electrons. The molecular weight excluding hydrogens is 773 g/mol. The molecule has 0 saturated heterocycles. The number of nitrogens with zero attached hydrogens (tertiary/aromatic N) is 8. The summed E-state index contributed by atoms with van der Waals surface area (Å²) in [6.07, 6.45) is 6.40. The van der Waals surface area contributed by atoms with Gasteiger partial charge in [0.05, 0.1) is 30.4 Å². The number of aldehydes is 1. The Labute approximate surface area is 347 Å². The minimum absolute atomic E-state index is 0.0993.